The molecule has 0 saturated carbocycles. The largest absolute Gasteiger partial charge is 0.385 e. The summed E-state index contributed by atoms with van der Waals surface area (Å²) in [5, 5.41) is 3.58. The Bertz CT molecular complexity index is 304. The molecule has 0 aliphatic carbocycles. The molecule has 0 fully saturated rings. The van der Waals surface area contributed by atoms with E-state index in [4.69, 9.17) is 0 Å². The minimum absolute atomic E-state index is 1.15. The summed E-state index contributed by atoms with van der Waals surface area (Å²) in [6.07, 6.45) is 6.32. The lowest BCUT2D eigenvalue weighted by Gasteiger charge is -2.12. The Morgan fingerprint density at radius 3 is 3.07 bits per heavy atom. The van der Waals surface area contributed by atoms with Crippen LogP contribution in [0.1, 0.15) is 37.3 Å². The van der Waals surface area contributed by atoms with Crippen LogP contribution in [0.2, 0.25) is 0 Å². The maximum atomic E-state index is 3.58. The average molecular weight is 189 g/mol. The molecule has 0 spiro atoms. The van der Waals surface area contributed by atoms with Gasteiger partial charge < -0.3 is 5.32 Å². The Morgan fingerprint density at radius 1 is 1.29 bits per heavy atom. The lowest BCUT2D eigenvalue weighted by Crippen LogP contribution is -2.03. The van der Waals surface area contributed by atoms with Gasteiger partial charge in [-0.2, -0.15) is 0 Å². The molecular formula is C13H19N. The van der Waals surface area contributed by atoms with Crippen LogP contribution in [-0.2, 0) is 12.8 Å². The highest BCUT2D eigenvalue weighted by atomic mass is 14.9. The van der Waals surface area contributed by atoms with Crippen LogP contribution in [0, 0.1) is 0 Å². The molecule has 1 aliphatic heterocycles. The lowest BCUT2D eigenvalue weighted by molar-refractivity contribution is 0.785. The predicted octanol–water partition coefficient (Wildman–Crippen LogP) is 3.39. The van der Waals surface area contributed by atoms with E-state index in [0.717, 1.165) is 6.54 Å². The van der Waals surface area contributed by atoms with E-state index >= 15 is 0 Å². The molecule has 0 radical (unpaired) electrons. The van der Waals surface area contributed by atoms with E-state index in [-0.39, 0.29) is 0 Å². The Balaban J connectivity index is 2.32. The number of anilines is 1. The van der Waals surface area contributed by atoms with Crippen molar-refractivity contribution >= 4 is 5.69 Å². The summed E-state index contributed by atoms with van der Waals surface area (Å²) in [6, 6.07) is 6.74. The average Bonchev–Trinajstić information content (AvgIpc) is 2.44. The predicted molar refractivity (Wildman–Crippen MR) is 61.9 cm³/mol. The van der Waals surface area contributed by atoms with Gasteiger partial charge in [0, 0.05) is 12.2 Å². The number of nitrogens with one attached hydrogen (secondary N) is 1. The van der Waals surface area contributed by atoms with Crippen molar-refractivity contribution in [2.24, 2.45) is 0 Å². The molecule has 1 heterocycles. The maximum absolute atomic E-state index is 3.58. The minimum Gasteiger partial charge on any atom is -0.385 e. The van der Waals surface area contributed by atoms with E-state index in [2.05, 4.69) is 30.4 Å². The van der Waals surface area contributed by atoms with Crippen molar-refractivity contribution in [1.82, 2.24) is 0 Å². The molecule has 2 rings (SSSR count). The zero-order valence-electron chi connectivity index (χ0n) is 8.97. The number of hydrogen-bond donors (Lipinski definition) is 1. The van der Waals surface area contributed by atoms with Gasteiger partial charge in [-0.3, -0.25) is 0 Å². The zero-order valence-corrected chi connectivity index (χ0v) is 8.97. The molecule has 1 nitrogen and oxygen atoms in total. The highest BCUT2D eigenvalue weighted by Crippen LogP contribution is 2.26. The number of para-hydroxylation sites is 1. The summed E-state index contributed by atoms with van der Waals surface area (Å²) in [5.41, 5.74) is 4.47. The summed E-state index contributed by atoms with van der Waals surface area (Å²) in [5.74, 6) is 0. The second-order valence-corrected chi connectivity index (χ2v) is 4.09. The fraction of sp³-hybridized carbons (Fsp3) is 0.538. The van der Waals surface area contributed by atoms with Crippen LogP contribution in [0.3, 0.4) is 0 Å². The summed E-state index contributed by atoms with van der Waals surface area (Å²) in [7, 11) is 0. The fourth-order valence-corrected chi connectivity index (χ4v) is 2.22. The van der Waals surface area contributed by atoms with Crippen molar-refractivity contribution in [2.75, 3.05) is 11.9 Å². The molecule has 14 heavy (non-hydrogen) atoms. The van der Waals surface area contributed by atoms with Crippen LogP contribution in [0.5, 0.6) is 0 Å². The molecule has 0 amide bonds. The van der Waals surface area contributed by atoms with Crippen molar-refractivity contribution in [3.8, 4) is 0 Å². The van der Waals surface area contributed by atoms with Crippen LogP contribution < -0.4 is 5.32 Å². The molecule has 76 valence electrons. The minimum atomic E-state index is 1.15. The third-order valence-electron chi connectivity index (χ3n) is 2.93. The van der Waals surface area contributed by atoms with E-state index in [9.17, 15) is 0 Å². The third kappa shape index (κ3) is 1.92. The van der Waals surface area contributed by atoms with Gasteiger partial charge in [0.15, 0.2) is 0 Å². The quantitative estimate of drug-likeness (QED) is 0.752. The second-order valence-electron chi connectivity index (χ2n) is 4.09. The Hall–Kier alpha value is -0.980. The first-order valence-corrected chi connectivity index (χ1v) is 5.76. The first-order chi connectivity index (χ1) is 6.92. The number of benzene rings is 1. The van der Waals surface area contributed by atoms with E-state index in [1.165, 1.54) is 48.9 Å². The van der Waals surface area contributed by atoms with Gasteiger partial charge in [0.2, 0.25) is 0 Å². The van der Waals surface area contributed by atoms with Crippen LogP contribution >= 0.6 is 0 Å². The topological polar surface area (TPSA) is 12.0 Å². The molecule has 1 aliphatic rings. The van der Waals surface area contributed by atoms with Crippen molar-refractivity contribution in [1.29, 1.82) is 0 Å². The summed E-state index contributed by atoms with van der Waals surface area (Å²) in [6.45, 7) is 3.39. The molecule has 0 unspecified atom stereocenters. The smallest absolute Gasteiger partial charge is 0.0405 e. The van der Waals surface area contributed by atoms with Crippen molar-refractivity contribution in [2.45, 2.75) is 39.0 Å². The zero-order chi connectivity index (χ0) is 9.80. The van der Waals surface area contributed by atoms with Crippen LogP contribution in [0.15, 0.2) is 18.2 Å². The molecule has 0 bridgehead atoms. The number of rotatable bonds is 2. The fourth-order valence-electron chi connectivity index (χ4n) is 2.22. The summed E-state index contributed by atoms with van der Waals surface area (Å²) >= 11 is 0. The second kappa shape index (κ2) is 4.50. The van der Waals surface area contributed by atoms with Crippen LogP contribution in [0.25, 0.3) is 0 Å². The molecule has 1 heteroatoms. The van der Waals surface area contributed by atoms with Gasteiger partial charge in [0.1, 0.15) is 0 Å². The van der Waals surface area contributed by atoms with Gasteiger partial charge in [-0.25, -0.2) is 0 Å². The molecule has 1 N–H and O–H groups in total. The van der Waals surface area contributed by atoms with Gasteiger partial charge in [0.05, 0.1) is 0 Å². The molecule has 1 aromatic rings. The van der Waals surface area contributed by atoms with Crippen LogP contribution in [0.4, 0.5) is 5.69 Å². The molecule has 0 saturated heterocycles. The van der Waals surface area contributed by atoms with Crippen LogP contribution in [-0.4, -0.2) is 6.54 Å². The van der Waals surface area contributed by atoms with Crippen molar-refractivity contribution < 1.29 is 0 Å². The normalized spacial score (nSPS) is 15.5. The molecular weight excluding hydrogens is 170 g/mol. The highest BCUT2D eigenvalue weighted by Gasteiger charge is 2.09. The Kier molecular flexibility index (Phi) is 3.07. The molecule has 0 atom stereocenters. The Labute approximate surface area is 86.5 Å². The highest BCUT2D eigenvalue weighted by molar-refractivity contribution is 5.58. The van der Waals surface area contributed by atoms with Gasteiger partial charge in [-0.05, 0) is 36.8 Å². The van der Waals surface area contributed by atoms with Crippen molar-refractivity contribution in [3.05, 3.63) is 29.3 Å². The number of aryl methyl sites for hydroxylation is 2. The third-order valence-corrected chi connectivity index (χ3v) is 2.93. The monoisotopic (exact) mass is 189 g/mol. The first-order valence-electron chi connectivity index (χ1n) is 5.76. The SMILES string of the molecule is CCCc1cccc2c1NCCCC2. The van der Waals surface area contributed by atoms with Crippen molar-refractivity contribution in [3.63, 3.8) is 0 Å². The van der Waals surface area contributed by atoms with Gasteiger partial charge >= 0.3 is 0 Å². The standard InChI is InChI=1S/C13H19N/c1-2-6-11-8-5-9-12-7-3-4-10-14-13(11)12/h5,8-9,14H,2-4,6-7,10H2,1H3. The maximum Gasteiger partial charge on any atom is 0.0405 e. The first kappa shape index (κ1) is 9.57. The van der Waals surface area contributed by atoms with Gasteiger partial charge in [-0.1, -0.05) is 31.5 Å². The molecule has 1 aromatic carbocycles. The van der Waals surface area contributed by atoms with E-state index < -0.39 is 0 Å². The Morgan fingerprint density at radius 2 is 2.21 bits per heavy atom. The summed E-state index contributed by atoms with van der Waals surface area (Å²) in [4.78, 5) is 0. The van der Waals surface area contributed by atoms with Gasteiger partial charge in [-0.15, -0.1) is 0 Å². The van der Waals surface area contributed by atoms with E-state index in [1.807, 2.05) is 0 Å². The van der Waals surface area contributed by atoms with Gasteiger partial charge in [0.25, 0.3) is 0 Å². The molecule has 0 aromatic heterocycles. The van der Waals surface area contributed by atoms with E-state index in [0.29, 0.717) is 0 Å². The van der Waals surface area contributed by atoms with E-state index in [1.54, 1.807) is 0 Å². The number of fused-ring (bicyclic) bond motifs is 1. The summed E-state index contributed by atoms with van der Waals surface area (Å²) < 4.78 is 0. The number of hydrogen-bond acceptors (Lipinski definition) is 1. The lowest BCUT2D eigenvalue weighted by atomic mass is 10.0.